The molecule has 0 unspecified atom stereocenters. The monoisotopic (exact) mass is 277 g/mol. The van der Waals surface area contributed by atoms with Crippen LogP contribution in [-0.4, -0.2) is 35.7 Å². The van der Waals surface area contributed by atoms with Gasteiger partial charge in [-0.1, -0.05) is 24.3 Å². The Balaban J connectivity index is 1.90. The summed E-state index contributed by atoms with van der Waals surface area (Å²) in [7, 11) is 0. The van der Waals surface area contributed by atoms with Crippen molar-refractivity contribution >= 4 is 5.97 Å². The number of ether oxygens (including phenoxy) is 1. The third kappa shape index (κ3) is 4.05. The number of benzene rings is 1. The van der Waals surface area contributed by atoms with Crippen LogP contribution in [0.2, 0.25) is 0 Å². The maximum absolute atomic E-state index is 11.8. The van der Waals surface area contributed by atoms with Gasteiger partial charge in [-0.25, -0.2) is 0 Å². The second kappa shape index (κ2) is 7.41. The zero-order valence-corrected chi connectivity index (χ0v) is 12.0. The van der Waals surface area contributed by atoms with Crippen molar-refractivity contribution in [2.75, 3.05) is 19.7 Å². The topological polar surface area (TPSA) is 49.8 Å². The summed E-state index contributed by atoms with van der Waals surface area (Å²) in [4.78, 5) is 14.1. The fourth-order valence-electron chi connectivity index (χ4n) is 2.66. The van der Waals surface area contributed by atoms with Crippen LogP contribution in [0.3, 0.4) is 0 Å². The number of carbonyl (C=O) groups excluding carboxylic acids is 1. The average molecular weight is 277 g/mol. The molecule has 4 heteroatoms. The summed E-state index contributed by atoms with van der Waals surface area (Å²) < 4.78 is 5.12. The Bertz CT molecular complexity index is 430. The Morgan fingerprint density at radius 1 is 1.35 bits per heavy atom. The summed E-state index contributed by atoms with van der Waals surface area (Å²) in [6.07, 6.45) is 1.97. The summed E-state index contributed by atoms with van der Waals surface area (Å²) in [6.45, 7) is 5.04. The lowest BCUT2D eigenvalue weighted by Gasteiger charge is -2.31. The molecule has 1 N–H and O–H groups in total. The number of esters is 1. The van der Waals surface area contributed by atoms with Crippen molar-refractivity contribution in [3.05, 3.63) is 35.4 Å². The molecule has 0 saturated carbocycles. The Hall–Kier alpha value is -1.39. The van der Waals surface area contributed by atoms with Crippen LogP contribution in [0.15, 0.2) is 24.3 Å². The number of likely N-dealkylation sites (tertiary alicyclic amines) is 1. The third-order valence-corrected chi connectivity index (χ3v) is 3.74. The average Bonchev–Trinajstić information content (AvgIpc) is 2.48. The number of carbonyl (C=O) groups is 1. The van der Waals surface area contributed by atoms with E-state index in [9.17, 15) is 4.79 Å². The minimum absolute atomic E-state index is 0.0143. The number of aliphatic hydroxyl groups excluding tert-OH is 1. The van der Waals surface area contributed by atoms with Gasteiger partial charge in [0.15, 0.2) is 0 Å². The second-order valence-corrected chi connectivity index (χ2v) is 5.30. The highest BCUT2D eigenvalue weighted by Crippen LogP contribution is 2.20. The molecule has 0 bridgehead atoms. The molecule has 1 aromatic rings. The minimum atomic E-state index is -0.0622. The normalized spacial score (nSPS) is 19.8. The molecule has 110 valence electrons. The van der Waals surface area contributed by atoms with Crippen molar-refractivity contribution in [1.82, 2.24) is 4.90 Å². The first kappa shape index (κ1) is 15.0. The van der Waals surface area contributed by atoms with E-state index in [1.54, 1.807) is 0 Å². The number of piperidine rings is 1. The largest absolute Gasteiger partial charge is 0.466 e. The van der Waals surface area contributed by atoms with Crippen LogP contribution < -0.4 is 0 Å². The van der Waals surface area contributed by atoms with Gasteiger partial charge in [-0.2, -0.15) is 0 Å². The molecule has 1 heterocycles. The van der Waals surface area contributed by atoms with Gasteiger partial charge in [0.1, 0.15) is 0 Å². The number of hydrogen-bond acceptors (Lipinski definition) is 4. The van der Waals surface area contributed by atoms with Gasteiger partial charge in [-0.15, -0.1) is 0 Å². The summed E-state index contributed by atoms with van der Waals surface area (Å²) in [5.41, 5.74) is 2.14. The molecule has 20 heavy (non-hydrogen) atoms. The lowest BCUT2D eigenvalue weighted by molar-refractivity contribution is -0.150. The van der Waals surface area contributed by atoms with Crippen LogP contribution in [-0.2, 0) is 22.7 Å². The molecule has 1 saturated heterocycles. The van der Waals surface area contributed by atoms with Crippen molar-refractivity contribution in [2.24, 2.45) is 5.92 Å². The highest BCUT2D eigenvalue weighted by molar-refractivity contribution is 5.72. The molecule has 0 aliphatic carbocycles. The Morgan fingerprint density at radius 3 is 2.70 bits per heavy atom. The Kier molecular flexibility index (Phi) is 5.56. The molecule has 1 aliphatic rings. The fourth-order valence-corrected chi connectivity index (χ4v) is 2.66. The van der Waals surface area contributed by atoms with Crippen LogP contribution in [0, 0.1) is 5.92 Å². The summed E-state index contributed by atoms with van der Waals surface area (Å²) in [5, 5.41) is 9.03. The maximum Gasteiger partial charge on any atom is 0.310 e. The fraction of sp³-hybridized carbons (Fsp3) is 0.562. The van der Waals surface area contributed by atoms with E-state index >= 15 is 0 Å². The molecule has 1 aromatic carbocycles. The van der Waals surface area contributed by atoms with Gasteiger partial charge < -0.3 is 9.84 Å². The predicted molar refractivity (Wildman–Crippen MR) is 77.0 cm³/mol. The highest BCUT2D eigenvalue weighted by atomic mass is 16.5. The lowest BCUT2D eigenvalue weighted by Crippen LogP contribution is -2.38. The molecule has 0 radical (unpaired) electrons. The van der Waals surface area contributed by atoms with Gasteiger partial charge in [-0.3, -0.25) is 9.69 Å². The number of nitrogens with zero attached hydrogens (tertiary/aromatic N) is 1. The molecule has 0 aromatic heterocycles. The smallest absolute Gasteiger partial charge is 0.310 e. The summed E-state index contributed by atoms with van der Waals surface area (Å²) in [6, 6.07) is 7.98. The van der Waals surface area contributed by atoms with Gasteiger partial charge >= 0.3 is 5.97 Å². The number of hydrogen-bond donors (Lipinski definition) is 1. The van der Waals surface area contributed by atoms with E-state index in [0.29, 0.717) is 6.61 Å². The van der Waals surface area contributed by atoms with Gasteiger partial charge in [0.2, 0.25) is 0 Å². The number of rotatable bonds is 5. The Morgan fingerprint density at radius 2 is 2.05 bits per heavy atom. The summed E-state index contributed by atoms with van der Waals surface area (Å²) in [5.74, 6) is -0.0479. The molecule has 1 aliphatic heterocycles. The maximum atomic E-state index is 11.8. The van der Waals surface area contributed by atoms with Crippen molar-refractivity contribution in [3.8, 4) is 0 Å². The third-order valence-electron chi connectivity index (χ3n) is 3.74. The van der Waals surface area contributed by atoms with E-state index in [0.717, 1.165) is 38.0 Å². The van der Waals surface area contributed by atoms with Crippen LogP contribution in [0.5, 0.6) is 0 Å². The van der Waals surface area contributed by atoms with E-state index < -0.39 is 0 Å². The van der Waals surface area contributed by atoms with E-state index in [-0.39, 0.29) is 18.5 Å². The second-order valence-electron chi connectivity index (χ2n) is 5.30. The Labute approximate surface area is 120 Å². The van der Waals surface area contributed by atoms with Gasteiger partial charge in [-0.05, 0) is 37.4 Å². The quantitative estimate of drug-likeness (QED) is 0.836. The van der Waals surface area contributed by atoms with Crippen LogP contribution in [0.25, 0.3) is 0 Å². The zero-order chi connectivity index (χ0) is 14.4. The first-order valence-electron chi connectivity index (χ1n) is 7.30. The standard InChI is InChI=1S/C16H23NO3/c1-2-20-16(19)15-4-3-9-17(11-15)10-13-5-7-14(12-18)8-6-13/h5-8,15,18H,2-4,9-12H2,1H3/t15-/m0/s1. The molecular weight excluding hydrogens is 254 g/mol. The zero-order valence-electron chi connectivity index (χ0n) is 12.0. The van der Waals surface area contributed by atoms with Crippen LogP contribution >= 0.6 is 0 Å². The molecule has 4 nitrogen and oxygen atoms in total. The molecule has 1 fully saturated rings. The van der Waals surface area contributed by atoms with Crippen molar-refractivity contribution in [2.45, 2.75) is 32.9 Å². The molecule has 0 spiro atoms. The van der Waals surface area contributed by atoms with Gasteiger partial charge in [0.25, 0.3) is 0 Å². The first-order chi connectivity index (χ1) is 9.72. The molecular formula is C16H23NO3. The minimum Gasteiger partial charge on any atom is -0.466 e. The van der Waals surface area contributed by atoms with Crippen LogP contribution in [0.4, 0.5) is 0 Å². The van der Waals surface area contributed by atoms with E-state index in [1.807, 2.05) is 31.2 Å². The number of aliphatic hydroxyl groups is 1. The van der Waals surface area contributed by atoms with Crippen molar-refractivity contribution in [3.63, 3.8) is 0 Å². The lowest BCUT2D eigenvalue weighted by atomic mass is 9.97. The van der Waals surface area contributed by atoms with Crippen molar-refractivity contribution < 1.29 is 14.6 Å². The van der Waals surface area contributed by atoms with Crippen LogP contribution in [0.1, 0.15) is 30.9 Å². The first-order valence-corrected chi connectivity index (χ1v) is 7.30. The van der Waals surface area contributed by atoms with Crippen molar-refractivity contribution in [1.29, 1.82) is 0 Å². The SMILES string of the molecule is CCOC(=O)[C@H]1CCCN(Cc2ccc(CO)cc2)C1. The summed E-state index contributed by atoms with van der Waals surface area (Å²) >= 11 is 0. The van der Waals surface area contributed by atoms with Gasteiger partial charge in [0.05, 0.1) is 19.1 Å². The van der Waals surface area contributed by atoms with E-state index in [2.05, 4.69) is 4.90 Å². The predicted octanol–water partition coefficient (Wildman–Crippen LogP) is 1.95. The molecule has 1 atom stereocenters. The van der Waals surface area contributed by atoms with Gasteiger partial charge in [0, 0.05) is 13.1 Å². The van der Waals surface area contributed by atoms with E-state index in [4.69, 9.17) is 9.84 Å². The molecule has 2 rings (SSSR count). The van der Waals surface area contributed by atoms with E-state index in [1.165, 1.54) is 5.56 Å². The highest BCUT2D eigenvalue weighted by Gasteiger charge is 2.26. The molecule has 0 amide bonds.